The van der Waals surface area contributed by atoms with Crippen LogP contribution in [0.25, 0.3) is 0 Å². The number of carbonyl (C=O) groups is 1. The fourth-order valence-corrected chi connectivity index (χ4v) is 1.26. The number of carboxylic acid groups (broad SMARTS) is 1. The van der Waals surface area contributed by atoms with Crippen molar-refractivity contribution >= 4 is 17.6 Å². The second kappa shape index (κ2) is 5.68. The monoisotopic (exact) mass is 243 g/mol. The zero-order valence-electron chi connectivity index (χ0n) is 9.21. The highest BCUT2D eigenvalue weighted by atomic mass is 16.6. The number of hydrogen-bond donors (Lipinski definition) is 3. The first-order valence-electron chi connectivity index (χ1n) is 4.89. The van der Waals surface area contributed by atoms with Crippen molar-refractivity contribution in [2.75, 3.05) is 18.4 Å². The third-order valence-corrected chi connectivity index (χ3v) is 2.04. The van der Waals surface area contributed by atoms with Gasteiger partial charge in [-0.15, -0.1) is 0 Å². The van der Waals surface area contributed by atoms with Gasteiger partial charge in [-0.1, -0.05) is 0 Å². The molecule has 0 aliphatic rings. The highest BCUT2D eigenvalue weighted by Crippen LogP contribution is 2.21. The van der Waals surface area contributed by atoms with Gasteiger partial charge < -0.3 is 15.7 Å². The number of nitrogens with one attached hydrogen (secondary N) is 2. The maximum atomic E-state index is 10.6. The van der Waals surface area contributed by atoms with Crippen molar-refractivity contribution in [2.45, 2.75) is 6.42 Å². The molecule has 0 spiro atoms. The van der Waals surface area contributed by atoms with Gasteiger partial charge in [0, 0.05) is 20.1 Å². The Morgan fingerprint density at radius 1 is 1.65 bits per heavy atom. The van der Waals surface area contributed by atoms with Gasteiger partial charge in [-0.25, -0.2) is 9.48 Å². The lowest BCUT2D eigenvalue weighted by molar-refractivity contribution is -0.384. The number of aryl methyl sites for hydroxylation is 1. The van der Waals surface area contributed by atoms with E-state index in [1.54, 1.807) is 7.05 Å². The van der Waals surface area contributed by atoms with E-state index in [2.05, 4.69) is 15.7 Å². The van der Waals surface area contributed by atoms with Gasteiger partial charge in [0.05, 0.1) is 4.92 Å². The SMILES string of the molecule is Cn1ncc([N+](=O)[O-])c1NCCCNC(=O)O. The number of anilines is 1. The Kier molecular flexibility index (Phi) is 4.26. The molecule has 0 fully saturated rings. The lowest BCUT2D eigenvalue weighted by Gasteiger charge is -2.05. The molecule has 0 unspecified atom stereocenters. The summed E-state index contributed by atoms with van der Waals surface area (Å²) >= 11 is 0. The van der Waals surface area contributed by atoms with E-state index >= 15 is 0 Å². The summed E-state index contributed by atoms with van der Waals surface area (Å²) in [5.41, 5.74) is -0.0984. The molecule has 0 saturated heterocycles. The summed E-state index contributed by atoms with van der Waals surface area (Å²) in [5.74, 6) is 0.310. The summed E-state index contributed by atoms with van der Waals surface area (Å²) in [5, 5.41) is 27.8. The molecule has 0 aliphatic heterocycles. The first-order chi connectivity index (χ1) is 8.02. The molecule has 0 radical (unpaired) electrons. The Balaban J connectivity index is 2.43. The molecule has 1 aromatic heterocycles. The van der Waals surface area contributed by atoms with Crippen LogP contribution in [0.1, 0.15) is 6.42 Å². The van der Waals surface area contributed by atoms with Crippen molar-refractivity contribution < 1.29 is 14.8 Å². The number of amides is 1. The van der Waals surface area contributed by atoms with E-state index in [9.17, 15) is 14.9 Å². The van der Waals surface area contributed by atoms with Crippen molar-refractivity contribution in [1.82, 2.24) is 15.1 Å². The molecule has 0 aromatic carbocycles. The zero-order valence-corrected chi connectivity index (χ0v) is 9.21. The molecule has 1 rings (SSSR count). The molecule has 1 amide bonds. The Morgan fingerprint density at radius 2 is 2.35 bits per heavy atom. The van der Waals surface area contributed by atoms with Gasteiger partial charge in [0.1, 0.15) is 6.20 Å². The van der Waals surface area contributed by atoms with Gasteiger partial charge in [-0.05, 0) is 6.42 Å². The number of nitrogens with zero attached hydrogens (tertiary/aromatic N) is 3. The Morgan fingerprint density at radius 3 is 2.94 bits per heavy atom. The molecule has 1 aromatic rings. The standard InChI is InChI=1S/C8H13N5O4/c1-12-7(6(5-11-12)13(16)17)9-3-2-4-10-8(14)15/h5,9-10H,2-4H2,1H3,(H,14,15). The zero-order chi connectivity index (χ0) is 12.8. The van der Waals surface area contributed by atoms with Gasteiger partial charge in [0.25, 0.3) is 0 Å². The van der Waals surface area contributed by atoms with E-state index in [-0.39, 0.29) is 12.2 Å². The number of hydrogen-bond acceptors (Lipinski definition) is 5. The Labute approximate surface area is 96.6 Å². The highest BCUT2D eigenvalue weighted by Gasteiger charge is 2.17. The molecule has 17 heavy (non-hydrogen) atoms. The molecule has 9 heteroatoms. The summed E-state index contributed by atoms with van der Waals surface area (Å²) in [6.07, 6.45) is 0.600. The largest absolute Gasteiger partial charge is 0.465 e. The molecule has 94 valence electrons. The lowest BCUT2D eigenvalue weighted by atomic mass is 10.4. The van der Waals surface area contributed by atoms with E-state index in [1.165, 1.54) is 4.68 Å². The van der Waals surface area contributed by atoms with Gasteiger partial charge in [0.2, 0.25) is 5.82 Å². The summed E-state index contributed by atoms with van der Waals surface area (Å²) in [6, 6.07) is 0. The van der Waals surface area contributed by atoms with Crippen LogP contribution in [0, 0.1) is 10.1 Å². The second-order valence-corrected chi connectivity index (χ2v) is 3.27. The first kappa shape index (κ1) is 12.7. The number of nitro groups is 1. The normalized spacial score (nSPS) is 9.94. The van der Waals surface area contributed by atoms with E-state index < -0.39 is 11.0 Å². The van der Waals surface area contributed by atoms with E-state index in [4.69, 9.17) is 5.11 Å². The molecular formula is C8H13N5O4. The molecule has 0 bridgehead atoms. The van der Waals surface area contributed by atoms with E-state index in [0.29, 0.717) is 18.8 Å². The van der Waals surface area contributed by atoms with E-state index in [1.807, 2.05) is 0 Å². The average molecular weight is 243 g/mol. The minimum absolute atomic E-state index is 0.0984. The smallest absolute Gasteiger partial charge is 0.404 e. The van der Waals surface area contributed by atoms with Gasteiger partial charge >= 0.3 is 11.8 Å². The summed E-state index contributed by atoms with van der Waals surface area (Å²) < 4.78 is 1.36. The van der Waals surface area contributed by atoms with Gasteiger partial charge in [0.15, 0.2) is 0 Å². The molecule has 9 nitrogen and oxygen atoms in total. The molecule has 3 N–H and O–H groups in total. The maximum absolute atomic E-state index is 10.6. The third kappa shape index (κ3) is 3.63. The van der Waals surface area contributed by atoms with Crippen LogP contribution >= 0.6 is 0 Å². The fraction of sp³-hybridized carbons (Fsp3) is 0.500. The fourth-order valence-electron chi connectivity index (χ4n) is 1.26. The van der Waals surface area contributed by atoms with Crippen molar-refractivity contribution in [2.24, 2.45) is 7.05 Å². The van der Waals surface area contributed by atoms with Crippen LogP contribution in [-0.4, -0.2) is 39.0 Å². The maximum Gasteiger partial charge on any atom is 0.404 e. The first-order valence-corrected chi connectivity index (χ1v) is 4.89. The summed E-state index contributed by atoms with van der Waals surface area (Å²) in [6.45, 7) is 0.703. The van der Waals surface area contributed by atoms with Crippen LogP contribution in [0.15, 0.2) is 6.20 Å². The van der Waals surface area contributed by atoms with Crippen LogP contribution < -0.4 is 10.6 Å². The Bertz CT molecular complexity index is 416. The average Bonchev–Trinajstić information content (AvgIpc) is 2.59. The molecule has 0 aliphatic carbocycles. The third-order valence-electron chi connectivity index (χ3n) is 2.04. The second-order valence-electron chi connectivity index (χ2n) is 3.27. The van der Waals surface area contributed by atoms with Crippen molar-refractivity contribution in [3.8, 4) is 0 Å². The predicted molar refractivity (Wildman–Crippen MR) is 59.0 cm³/mol. The topological polar surface area (TPSA) is 122 Å². The van der Waals surface area contributed by atoms with Gasteiger partial charge in [-0.2, -0.15) is 5.10 Å². The number of rotatable bonds is 6. The van der Waals surface area contributed by atoms with Crippen molar-refractivity contribution in [3.05, 3.63) is 16.3 Å². The predicted octanol–water partition coefficient (Wildman–Crippen LogP) is 0.398. The summed E-state index contributed by atoms with van der Waals surface area (Å²) in [7, 11) is 1.59. The Hall–Kier alpha value is -2.32. The van der Waals surface area contributed by atoms with E-state index in [0.717, 1.165) is 6.20 Å². The molecule has 0 saturated carbocycles. The molecule has 1 heterocycles. The van der Waals surface area contributed by atoms with Crippen molar-refractivity contribution in [3.63, 3.8) is 0 Å². The van der Waals surface area contributed by atoms with Crippen LogP contribution in [0.4, 0.5) is 16.3 Å². The lowest BCUT2D eigenvalue weighted by Crippen LogP contribution is -2.23. The van der Waals surface area contributed by atoms with Crippen LogP contribution in [0.2, 0.25) is 0 Å². The summed E-state index contributed by atoms with van der Waals surface area (Å²) in [4.78, 5) is 20.3. The highest BCUT2D eigenvalue weighted by molar-refractivity contribution is 5.64. The molecular weight excluding hydrogens is 230 g/mol. The minimum atomic E-state index is -1.09. The number of aromatic nitrogens is 2. The quantitative estimate of drug-likeness (QED) is 0.377. The van der Waals surface area contributed by atoms with Crippen molar-refractivity contribution in [1.29, 1.82) is 0 Å². The van der Waals surface area contributed by atoms with Crippen LogP contribution in [-0.2, 0) is 7.05 Å². The van der Waals surface area contributed by atoms with Crippen LogP contribution in [0.5, 0.6) is 0 Å². The minimum Gasteiger partial charge on any atom is -0.465 e. The van der Waals surface area contributed by atoms with Crippen LogP contribution in [0.3, 0.4) is 0 Å². The molecule has 0 atom stereocenters. The van der Waals surface area contributed by atoms with Gasteiger partial charge in [-0.3, -0.25) is 10.1 Å².